The van der Waals surface area contributed by atoms with Crippen LogP contribution in [0.1, 0.15) is 17.0 Å². The zero-order valence-corrected chi connectivity index (χ0v) is 11.7. The van der Waals surface area contributed by atoms with Crippen LogP contribution in [0.25, 0.3) is 0 Å². The van der Waals surface area contributed by atoms with Gasteiger partial charge in [-0.2, -0.15) is 0 Å². The van der Waals surface area contributed by atoms with E-state index >= 15 is 0 Å². The van der Waals surface area contributed by atoms with E-state index in [1.165, 1.54) is 11.1 Å². The Bertz CT molecular complexity index is 579. The fourth-order valence-electron chi connectivity index (χ4n) is 3.10. The van der Waals surface area contributed by atoms with Gasteiger partial charge in [-0.15, -0.1) is 0 Å². The van der Waals surface area contributed by atoms with Crippen molar-refractivity contribution in [3.63, 3.8) is 0 Å². The second-order valence-electron chi connectivity index (χ2n) is 5.53. The van der Waals surface area contributed by atoms with Crippen molar-refractivity contribution in [2.24, 2.45) is 5.92 Å². The summed E-state index contributed by atoms with van der Waals surface area (Å²) in [5, 5.41) is 0. The van der Waals surface area contributed by atoms with Crippen LogP contribution in [0.3, 0.4) is 0 Å². The van der Waals surface area contributed by atoms with Crippen molar-refractivity contribution in [2.75, 3.05) is 13.6 Å². The van der Waals surface area contributed by atoms with E-state index in [-0.39, 0.29) is 11.8 Å². The first kappa shape index (κ1) is 12.9. The molecule has 20 heavy (non-hydrogen) atoms. The van der Waals surface area contributed by atoms with Crippen LogP contribution in [-0.2, 0) is 11.2 Å². The van der Waals surface area contributed by atoms with Gasteiger partial charge in [-0.05, 0) is 17.5 Å². The molecule has 1 saturated heterocycles. The summed E-state index contributed by atoms with van der Waals surface area (Å²) in [4.78, 5) is 14.3. The number of benzene rings is 2. The number of carbonyl (C=O) groups is 1. The average molecular weight is 265 g/mol. The third-order valence-electron chi connectivity index (χ3n) is 4.18. The van der Waals surface area contributed by atoms with Crippen LogP contribution in [0, 0.1) is 5.92 Å². The molecule has 0 aromatic heterocycles. The van der Waals surface area contributed by atoms with Crippen LogP contribution in [0.5, 0.6) is 0 Å². The Kier molecular flexibility index (Phi) is 3.55. The summed E-state index contributed by atoms with van der Waals surface area (Å²) < 4.78 is 0. The molecule has 1 heterocycles. The molecule has 2 atom stereocenters. The number of likely N-dealkylation sites (tertiary alicyclic amines) is 1. The Labute approximate surface area is 120 Å². The summed E-state index contributed by atoms with van der Waals surface area (Å²) in [6.45, 7) is 0.820. The van der Waals surface area contributed by atoms with Gasteiger partial charge >= 0.3 is 0 Å². The molecule has 1 fully saturated rings. The van der Waals surface area contributed by atoms with Gasteiger partial charge in [0.15, 0.2) is 0 Å². The van der Waals surface area contributed by atoms with Gasteiger partial charge in [0.25, 0.3) is 0 Å². The smallest absolute Gasteiger partial charge is 0.226 e. The standard InChI is InChI=1S/C18H19NO/c1-19-13-17(15-10-6-3-7-11-15)16(18(19)20)12-14-8-4-2-5-9-14/h2-11,16-17H,12-13H2,1H3. The highest BCUT2D eigenvalue weighted by Crippen LogP contribution is 2.35. The van der Waals surface area contributed by atoms with Crippen molar-refractivity contribution >= 4 is 5.91 Å². The van der Waals surface area contributed by atoms with E-state index in [9.17, 15) is 4.79 Å². The van der Waals surface area contributed by atoms with Gasteiger partial charge in [0.2, 0.25) is 5.91 Å². The molecule has 1 aliphatic rings. The maximum absolute atomic E-state index is 12.4. The summed E-state index contributed by atoms with van der Waals surface area (Å²) in [5.41, 5.74) is 2.51. The van der Waals surface area contributed by atoms with Crippen molar-refractivity contribution in [1.82, 2.24) is 4.90 Å². The quantitative estimate of drug-likeness (QED) is 0.835. The first-order chi connectivity index (χ1) is 9.75. The molecule has 1 amide bonds. The van der Waals surface area contributed by atoms with E-state index in [0.29, 0.717) is 5.92 Å². The van der Waals surface area contributed by atoms with Crippen molar-refractivity contribution in [3.05, 3.63) is 71.8 Å². The van der Waals surface area contributed by atoms with Gasteiger partial charge in [0, 0.05) is 19.5 Å². The Morgan fingerprint density at radius 1 is 1.00 bits per heavy atom. The minimum absolute atomic E-state index is 0.0600. The van der Waals surface area contributed by atoms with Crippen LogP contribution in [-0.4, -0.2) is 24.4 Å². The molecule has 2 unspecified atom stereocenters. The topological polar surface area (TPSA) is 20.3 Å². The molecule has 2 aromatic rings. The molecule has 3 rings (SSSR count). The van der Waals surface area contributed by atoms with Gasteiger partial charge in [0.1, 0.15) is 0 Å². The van der Waals surface area contributed by atoms with E-state index < -0.39 is 0 Å². The lowest BCUT2D eigenvalue weighted by atomic mass is 9.84. The highest BCUT2D eigenvalue weighted by Gasteiger charge is 2.38. The molecule has 2 nitrogen and oxygen atoms in total. The molecule has 2 aromatic carbocycles. The Morgan fingerprint density at radius 3 is 2.25 bits per heavy atom. The zero-order valence-electron chi connectivity index (χ0n) is 11.7. The number of amides is 1. The van der Waals surface area contributed by atoms with Crippen LogP contribution < -0.4 is 0 Å². The molecule has 0 radical (unpaired) electrons. The lowest BCUT2D eigenvalue weighted by Gasteiger charge is -2.17. The number of hydrogen-bond acceptors (Lipinski definition) is 1. The van der Waals surface area contributed by atoms with E-state index in [0.717, 1.165) is 13.0 Å². The molecule has 0 aliphatic carbocycles. The highest BCUT2D eigenvalue weighted by molar-refractivity contribution is 5.82. The highest BCUT2D eigenvalue weighted by atomic mass is 16.2. The zero-order chi connectivity index (χ0) is 13.9. The van der Waals surface area contributed by atoms with E-state index in [1.807, 2.05) is 36.2 Å². The third-order valence-corrected chi connectivity index (χ3v) is 4.18. The minimum atomic E-state index is 0.0600. The molecular formula is C18H19NO. The number of likely N-dealkylation sites (N-methyl/N-ethyl adjacent to an activating group) is 1. The lowest BCUT2D eigenvalue weighted by molar-refractivity contribution is -0.129. The molecule has 2 heteroatoms. The summed E-state index contributed by atoms with van der Waals surface area (Å²) >= 11 is 0. The minimum Gasteiger partial charge on any atom is -0.345 e. The lowest BCUT2D eigenvalue weighted by Crippen LogP contribution is -2.23. The van der Waals surface area contributed by atoms with Gasteiger partial charge in [-0.25, -0.2) is 0 Å². The Hall–Kier alpha value is -2.09. The Balaban J connectivity index is 1.87. The van der Waals surface area contributed by atoms with Crippen molar-refractivity contribution in [1.29, 1.82) is 0 Å². The first-order valence-corrected chi connectivity index (χ1v) is 7.09. The predicted octanol–water partition coefficient (Wildman–Crippen LogP) is 3.10. The van der Waals surface area contributed by atoms with Gasteiger partial charge < -0.3 is 4.90 Å². The van der Waals surface area contributed by atoms with Crippen LogP contribution in [0.2, 0.25) is 0 Å². The second-order valence-corrected chi connectivity index (χ2v) is 5.53. The molecule has 0 N–H and O–H groups in total. The summed E-state index contributed by atoms with van der Waals surface area (Å²) in [6.07, 6.45) is 0.823. The molecule has 0 bridgehead atoms. The van der Waals surface area contributed by atoms with E-state index in [1.54, 1.807) is 0 Å². The number of carbonyl (C=O) groups excluding carboxylic acids is 1. The molecule has 0 saturated carbocycles. The molecule has 102 valence electrons. The number of hydrogen-bond donors (Lipinski definition) is 0. The second kappa shape index (κ2) is 5.49. The summed E-state index contributed by atoms with van der Waals surface area (Å²) in [5.74, 6) is 0.626. The number of nitrogens with zero attached hydrogens (tertiary/aromatic N) is 1. The molecule has 0 spiro atoms. The van der Waals surface area contributed by atoms with Crippen LogP contribution in [0.4, 0.5) is 0 Å². The van der Waals surface area contributed by atoms with Crippen molar-refractivity contribution < 1.29 is 4.79 Å². The Morgan fingerprint density at radius 2 is 1.60 bits per heavy atom. The fourth-order valence-corrected chi connectivity index (χ4v) is 3.10. The summed E-state index contributed by atoms with van der Waals surface area (Å²) in [7, 11) is 1.91. The first-order valence-electron chi connectivity index (χ1n) is 7.09. The van der Waals surface area contributed by atoms with Crippen LogP contribution >= 0.6 is 0 Å². The maximum Gasteiger partial charge on any atom is 0.226 e. The van der Waals surface area contributed by atoms with Crippen LogP contribution in [0.15, 0.2) is 60.7 Å². The van der Waals surface area contributed by atoms with Gasteiger partial charge in [-0.3, -0.25) is 4.79 Å². The molecule has 1 aliphatic heterocycles. The molecular weight excluding hydrogens is 246 g/mol. The number of rotatable bonds is 3. The largest absolute Gasteiger partial charge is 0.345 e. The van der Waals surface area contributed by atoms with E-state index in [4.69, 9.17) is 0 Å². The average Bonchev–Trinajstić information content (AvgIpc) is 2.78. The van der Waals surface area contributed by atoms with Gasteiger partial charge in [-0.1, -0.05) is 60.7 Å². The predicted molar refractivity (Wildman–Crippen MR) is 80.5 cm³/mol. The van der Waals surface area contributed by atoms with Crippen molar-refractivity contribution in [2.45, 2.75) is 12.3 Å². The van der Waals surface area contributed by atoms with Crippen molar-refractivity contribution in [3.8, 4) is 0 Å². The fraction of sp³-hybridized carbons (Fsp3) is 0.278. The summed E-state index contributed by atoms with van der Waals surface area (Å²) in [6, 6.07) is 20.7. The maximum atomic E-state index is 12.4. The SMILES string of the molecule is CN1CC(c2ccccc2)C(Cc2ccccc2)C1=O. The monoisotopic (exact) mass is 265 g/mol. The van der Waals surface area contributed by atoms with E-state index in [2.05, 4.69) is 36.4 Å². The normalized spacial score (nSPS) is 22.2. The van der Waals surface area contributed by atoms with Gasteiger partial charge in [0.05, 0.1) is 5.92 Å². The third kappa shape index (κ3) is 2.46.